The van der Waals surface area contributed by atoms with Crippen LogP contribution in [0.2, 0.25) is 0 Å². The molecule has 1 atom stereocenters. The summed E-state index contributed by atoms with van der Waals surface area (Å²) in [5.74, 6) is -0.384. The van der Waals surface area contributed by atoms with Crippen molar-refractivity contribution in [3.63, 3.8) is 0 Å². The summed E-state index contributed by atoms with van der Waals surface area (Å²) in [4.78, 5) is 51.7. The van der Waals surface area contributed by atoms with E-state index >= 15 is 0 Å². The third kappa shape index (κ3) is 3.52. The first kappa shape index (κ1) is 18.2. The van der Waals surface area contributed by atoms with Crippen molar-refractivity contribution in [2.24, 2.45) is 5.41 Å². The van der Waals surface area contributed by atoms with Crippen LogP contribution in [0.15, 0.2) is 0 Å². The van der Waals surface area contributed by atoms with E-state index in [1.165, 1.54) is 0 Å². The molecule has 1 saturated carbocycles. The zero-order valence-corrected chi connectivity index (χ0v) is 15.6. The van der Waals surface area contributed by atoms with Crippen molar-refractivity contribution in [2.75, 3.05) is 32.8 Å². The maximum Gasteiger partial charge on any atom is 0.322 e. The van der Waals surface area contributed by atoms with Gasteiger partial charge >= 0.3 is 6.03 Å². The summed E-state index contributed by atoms with van der Waals surface area (Å²) in [5, 5.41) is 4.60. The normalized spacial score (nSPS) is 28.7. The van der Waals surface area contributed by atoms with Crippen LogP contribution in [0.25, 0.3) is 0 Å². The van der Waals surface area contributed by atoms with Crippen LogP contribution >= 0.6 is 0 Å². The van der Waals surface area contributed by atoms with Crippen molar-refractivity contribution in [3.05, 3.63) is 0 Å². The summed E-state index contributed by atoms with van der Waals surface area (Å²) in [6.45, 7) is 4.71. The number of piperidine rings is 1. The van der Waals surface area contributed by atoms with Gasteiger partial charge in [0.15, 0.2) is 0 Å². The first-order valence-electron chi connectivity index (χ1n) is 9.63. The predicted molar refractivity (Wildman–Crippen MR) is 93.5 cm³/mol. The van der Waals surface area contributed by atoms with Crippen LogP contribution in [0, 0.1) is 5.41 Å². The molecule has 1 unspecified atom stereocenters. The molecule has 4 fully saturated rings. The van der Waals surface area contributed by atoms with Gasteiger partial charge in [0.05, 0.1) is 18.6 Å². The van der Waals surface area contributed by atoms with Crippen LogP contribution in [0.5, 0.6) is 0 Å². The maximum atomic E-state index is 12.6. The summed E-state index contributed by atoms with van der Waals surface area (Å²) >= 11 is 0. The number of likely N-dealkylation sites (tertiary alicyclic amines) is 1. The zero-order chi connectivity index (χ0) is 19.2. The Morgan fingerprint density at radius 2 is 1.81 bits per heavy atom. The number of imide groups is 1. The van der Waals surface area contributed by atoms with Gasteiger partial charge in [-0.05, 0) is 25.7 Å². The summed E-state index contributed by atoms with van der Waals surface area (Å²) in [7, 11) is 0. The topological polar surface area (TPSA) is 108 Å². The van der Waals surface area contributed by atoms with Gasteiger partial charge in [-0.2, -0.15) is 0 Å². The van der Waals surface area contributed by atoms with Crippen molar-refractivity contribution >= 4 is 23.8 Å². The van der Waals surface area contributed by atoms with E-state index in [1.807, 2.05) is 11.8 Å². The van der Waals surface area contributed by atoms with Gasteiger partial charge in [-0.25, -0.2) is 4.79 Å². The smallest absolute Gasteiger partial charge is 0.322 e. The minimum absolute atomic E-state index is 0.0450. The van der Waals surface area contributed by atoms with Crippen LogP contribution in [0.3, 0.4) is 0 Å². The van der Waals surface area contributed by atoms with Crippen LogP contribution in [-0.2, 0) is 19.1 Å². The lowest BCUT2D eigenvalue weighted by Gasteiger charge is -2.47. The molecule has 3 aliphatic heterocycles. The van der Waals surface area contributed by atoms with E-state index in [9.17, 15) is 19.2 Å². The molecule has 1 aliphatic carbocycles. The molecular formula is C18H26N4O5. The number of carbonyl (C=O) groups is 4. The second kappa shape index (κ2) is 6.47. The van der Waals surface area contributed by atoms with Crippen molar-refractivity contribution in [1.29, 1.82) is 0 Å². The third-order valence-corrected chi connectivity index (χ3v) is 6.32. The Morgan fingerprint density at radius 3 is 2.41 bits per heavy atom. The van der Waals surface area contributed by atoms with Crippen molar-refractivity contribution < 1.29 is 23.9 Å². The van der Waals surface area contributed by atoms with E-state index in [1.54, 1.807) is 4.90 Å². The quantitative estimate of drug-likeness (QED) is 0.650. The molecule has 0 aromatic heterocycles. The summed E-state index contributed by atoms with van der Waals surface area (Å²) in [6, 6.07) is -1.36. The Labute approximate surface area is 157 Å². The largest absolute Gasteiger partial charge is 0.371 e. The van der Waals surface area contributed by atoms with E-state index in [4.69, 9.17) is 4.74 Å². The van der Waals surface area contributed by atoms with Crippen LogP contribution in [0.1, 0.15) is 39.0 Å². The minimum atomic E-state index is -0.803. The molecule has 5 amide bonds. The van der Waals surface area contributed by atoms with E-state index in [-0.39, 0.29) is 23.7 Å². The number of amides is 5. The molecule has 0 bridgehead atoms. The molecule has 3 saturated heterocycles. The van der Waals surface area contributed by atoms with Gasteiger partial charge in [0, 0.05) is 31.6 Å². The fourth-order valence-corrected chi connectivity index (χ4v) is 4.17. The molecule has 4 aliphatic rings. The standard InChI is InChI=1S/C18H26N4O5/c1-17(2-3-17)15(25)21-6-4-18(5-7-21)11-22(8-9-27-18)13(23)10-12-14(24)20-16(26)19-12/h12H,2-11H2,1H3,(H2,19,20,24,26). The number of hydrogen-bond donors (Lipinski definition) is 2. The number of nitrogens with one attached hydrogen (secondary N) is 2. The van der Waals surface area contributed by atoms with Gasteiger partial charge in [0.1, 0.15) is 6.04 Å². The number of ether oxygens (including phenoxy) is 1. The Balaban J connectivity index is 1.33. The fraction of sp³-hybridized carbons (Fsp3) is 0.778. The first-order valence-corrected chi connectivity index (χ1v) is 9.63. The molecule has 9 nitrogen and oxygen atoms in total. The summed E-state index contributed by atoms with van der Waals surface area (Å²) < 4.78 is 6.04. The van der Waals surface area contributed by atoms with Gasteiger partial charge in [-0.3, -0.25) is 19.7 Å². The highest BCUT2D eigenvalue weighted by Gasteiger charge is 2.49. The molecular weight excluding hydrogens is 352 g/mol. The Kier molecular flexibility index (Phi) is 4.37. The molecule has 0 aromatic rings. The summed E-state index contributed by atoms with van der Waals surface area (Å²) in [5.41, 5.74) is -0.581. The molecule has 2 N–H and O–H groups in total. The highest BCUT2D eigenvalue weighted by molar-refractivity contribution is 6.05. The Bertz CT molecular complexity index is 681. The fourth-order valence-electron chi connectivity index (χ4n) is 4.17. The molecule has 9 heteroatoms. The number of rotatable bonds is 3. The molecule has 4 rings (SSSR count). The number of urea groups is 1. The summed E-state index contributed by atoms with van der Waals surface area (Å²) in [6.07, 6.45) is 3.31. The van der Waals surface area contributed by atoms with E-state index < -0.39 is 23.6 Å². The monoisotopic (exact) mass is 378 g/mol. The first-order chi connectivity index (χ1) is 12.8. The lowest BCUT2D eigenvalue weighted by molar-refractivity contribution is -0.164. The Hall–Kier alpha value is -2.16. The number of carbonyl (C=O) groups excluding carboxylic acids is 4. The lowest BCUT2D eigenvalue weighted by Crippen LogP contribution is -2.59. The number of morpholine rings is 1. The maximum absolute atomic E-state index is 12.6. The lowest BCUT2D eigenvalue weighted by atomic mass is 9.88. The van der Waals surface area contributed by atoms with Gasteiger partial charge in [-0.1, -0.05) is 6.92 Å². The predicted octanol–water partition coefficient (Wildman–Crippen LogP) is -0.395. The van der Waals surface area contributed by atoms with Gasteiger partial charge < -0.3 is 19.9 Å². The molecule has 0 aromatic carbocycles. The van der Waals surface area contributed by atoms with Gasteiger partial charge in [0.2, 0.25) is 11.8 Å². The van der Waals surface area contributed by atoms with Crippen LogP contribution < -0.4 is 10.6 Å². The average Bonchev–Trinajstić information content (AvgIpc) is 3.32. The van der Waals surface area contributed by atoms with E-state index in [0.717, 1.165) is 12.8 Å². The number of hydrogen-bond acceptors (Lipinski definition) is 5. The number of nitrogens with zero attached hydrogens (tertiary/aromatic N) is 2. The van der Waals surface area contributed by atoms with Crippen LogP contribution in [-0.4, -0.2) is 78.0 Å². The molecule has 27 heavy (non-hydrogen) atoms. The minimum Gasteiger partial charge on any atom is -0.371 e. The zero-order valence-electron chi connectivity index (χ0n) is 15.6. The van der Waals surface area contributed by atoms with Gasteiger partial charge in [0.25, 0.3) is 5.91 Å². The van der Waals surface area contributed by atoms with Crippen molar-refractivity contribution in [2.45, 2.75) is 50.7 Å². The second-order valence-corrected chi connectivity index (χ2v) is 8.42. The second-order valence-electron chi connectivity index (χ2n) is 8.42. The molecule has 148 valence electrons. The third-order valence-electron chi connectivity index (χ3n) is 6.32. The van der Waals surface area contributed by atoms with Gasteiger partial charge in [-0.15, -0.1) is 0 Å². The van der Waals surface area contributed by atoms with E-state index in [2.05, 4.69) is 10.6 Å². The van der Waals surface area contributed by atoms with Crippen molar-refractivity contribution in [3.8, 4) is 0 Å². The SMILES string of the molecule is CC1(C(=O)N2CCC3(CC2)CN(C(=O)CC2NC(=O)NC2=O)CCO3)CC1. The highest BCUT2D eigenvalue weighted by Crippen LogP contribution is 2.47. The van der Waals surface area contributed by atoms with Crippen molar-refractivity contribution in [1.82, 2.24) is 20.4 Å². The highest BCUT2D eigenvalue weighted by atomic mass is 16.5. The molecule has 0 radical (unpaired) electrons. The van der Waals surface area contributed by atoms with Crippen LogP contribution in [0.4, 0.5) is 4.79 Å². The molecule has 1 spiro atoms. The molecule has 3 heterocycles. The van der Waals surface area contributed by atoms with E-state index in [0.29, 0.717) is 45.6 Å². The Morgan fingerprint density at radius 1 is 1.11 bits per heavy atom. The average molecular weight is 378 g/mol.